The summed E-state index contributed by atoms with van der Waals surface area (Å²) in [6.07, 6.45) is 0. The third-order valence-electron chi connectivity index (χ3n) is 5.29. The van der Waals surface area contributed by atoms with E-state index in [1.165, 1.54) is 10.9 Å². The number of carboxylic acids is 2. The Morgan fingerprint density at radius 1 is 0.824 bits per heavy atom. The summed E-state index contributed by atoms with van der Waals surface area (Å²) in [4.78, 5) is 35.0. The Morgan fingerprint density at radius 3 is 2.15 bits per heavy atom. The molecule has 1 aliphatic heterocycles. The number of benzene rings is 3. The second-order valence-electron chi connectivity index (χ2n) is 7.69. The van der Waals surface area contributed by atoms with Crippen molar-refractivity contribution in [1.29, 1.82) is 0 Å². The van der Waals surface area contributed by atoms with E-state index in [9.17, 15) is 4.79 Å². The molecule has 4 rings (SSSR count). The molecule has 0 bridgehead atoms. The molecule has 34 heavy (non-hydrogen) atoms. The molecule has 0 radical (unpaired) electrons. The van der Waals surface area contributed by atoms with Gasteiger partial charge in [-0.1, -0.05) is 58.4 Å². The summed E-state index contributed by atoms with van der Waals surface area (Å²) in [5.41, 5.74) is 1.29. The van der Waals surface area contributed by atoms with E-state index in [1.54, 1.807) is 0 Å². The van der Waals surface area contributed by atoms with Crippen molar-refractivity contribution >= 4 is 44.5 Å². The largest absolute Gasteiger partial charge is 0.484 e. The van der Waals surface area contributed by atoms with Crippen LogP contribution in [0.1, 0.15) is 5.56 Å². The van der Waals surface area contributed by atoms with Gasteiger partial charge in [0.25, 0.3) is 5.91 Å². The van der Waals surface area contributed by atoms with E-state index in [1.807, 2.05) is 41.3 Å². The first-order valence-electron chi connectivity index (χ1n) is 10.6. The maximum atomic E-state index is 12.5. The van der Waals surface area contributed by atoms with Crippen LogP contribution in [0.15, 0.2) is 71.2 Å². The number of rotatable bonds is 5. The maximum absolute atomic E-state index is 12.5. The summed E-state index contributed by atoms with van der Waals surface area (Å²) in [5.74, 6) is -2.86. The Kier molecular flexibility index (Phi) is 9.00. The molecule has 1 fully saturated rings. The predicted molar refractivity (Wildman–Crippen MR) is 131 cm³/mol. The van der Waals surface area contributed by atoms with Crippen LogP contribution in [0, 0.1) is 0 Å². The minimum atomic E-state index is -1.82. The lowest BCUT2D eigenvalue weighted by Crippen LogP contribution is -2.49. The third kappa shape index (κ3) is 7.57. The first-order chi connectivity index (χ1) is 16.3. The molecule has 9 heteroatoms. The number of nitrogens with zero attached hydrogens (tertiary/aromatic N) is 2. The van der Waals surface area contributed by atoms with E-state index in [-0.39, 0.29) is 12.5 Å². The van der Waals surface area contributed by atoms with E-state index >= 15 is 0 Å². The van der Waals surface area contributed by atoms with Crippen molar-refractivity contribution in [3.05, 3.63) is 76.8 Å². The molecule has 1 heterocycles. The minimum Gasteiger partial charge on any atom is -0.484 e. The lowest BCUT2D eigenvalue weighted by molar-refractivity contribution is -0.159. The Labute approximate surface area is 205 Å². The van der Waals surface area contributed by atoms with Crippen molar-refractivity contribution in [3.63, 3.8) is 0 Å². The topological polar surface area (TPSA) is 107 Å². The summed E-state index contributed by atoms with van der Waals surface area (Å²) in [5, 5.41) is 17.1. The van der Waals surface area contributed by atoms with Gasteiger partial charge in [-0.15, -0.1) is 0 Å². The van der Waals surface area contributed by atoms with Gasteiger partial charge in [-0.25, -0.2) is 9.59 Å². The van der Waals surface area contributed by atoms with Crippen LogP contribution in [-0.2, 0) is 20.9 Å². The number of piperazine rings is 1. The quantitative estimate of drug-likeness (QED) is 0.488. The van der Waals surface area contributed by atoms with Gasteiger partial charge in [0, 0.05) is 37.2 Å². The van der Waals surface area contributed by atoms with E-state index in [2.05, 4.69) is 51.2 Å². The number of halogens is 1. The lowest BCUT2D eigenvalue weighted by atomic mass is 10.1. The van der Waals surface area contributed by atoms with Crippen LogP contribution in [0.25, 0.3) is 10.8 Å². The minimum absolute atomic E-state index is 0.0512. The fraction of sp³-hybridized carbons (Fsp3) is 0.240. The molecule has 0 saturated carbocycles. The van der Waals surface area contributed by atoms with Crippen LogP contribution in [0.2, 0.25) is 0 Å². The zero-order valence-electron chi connectivity index (χ0n) is 18.4. The molecule has 2 N–H and O–H groups in total. The fourth-order valence-electron chi connectivity index (χ4n) is 3.54. The van der Waals surface area contributed by atoms with Crippen LogP contribution in [0.4, 0.5) is 0 Å². The molecule has 0 aliphatic carbocycles. The zero-order valence-corrected chi connectivity index (χ0v) is 20.0. The molecule has 1 saturated heterocycles. The predicted octanol–water partition coefficient (Wildman–Crippen LogP) is 3.48. The van der Waals surface area contributed by atoms with E-state index in [0.717, 1.165) is 48.3 Å². The molecular formula is C25H25BrN2O6. The van der Waals surface area contributed by atoms with E-state index in [0.29, 0.717) is 0 Å². The van der Waals surface area contributed by atoms with Gasteiger partial charge in [-0.3, -0.25) is 9.69 Å². The first-order valence-corrected chi connectivity index (χ1v) is 11.4. The first kappa shape index (κ1) is 25.2. The molecule has 0 unspecified atom stereocenters. The van der Waals surface area contributed by atoms with Gasteiger partial charge < -0.3 is 19.8 Å². The molecule has 1 aliphatic rings. The highest BCUT2D eigenvalue weighted by molar-refractivity contribution is 9.10. The standard InChI is InChI=1S/C23H23BrN2O2.C2H2O4/c24-21-7-3-4-18(14-21)16-25-10-12-26(13-11-25)23(27)17-28-22-9-8-19-5-1-2-6-20(19)15-22;3-1(4)2(5)6/h1-9,14-15H,10-13,16-17H2;(H,3,4)(H,5,6). The van der Waals surface area contributed by atoms with Gasteiger partial charge in [-0.05, 0) is 40.6 Å². The number of amides is 1. The van der Waals surface area contributed by atoms with Gasteiger partial charge in [0.1, 0.15) is 5.75 Å². The van der Waals surface area contributed by atoms with Gasteiger partial charge in [0.05, 0.1) is 0 Å². The summed E-state index contributed by atoms with van der Waals surface area (Å²) >= 11 is 3.52. The van der Waals surface area contributed by atoms with Crippen LogP contribution >= 0.6 is 15.9 Å². The highest BCUT2D eigenvalue weighted by atomic mass is 79.9. The van der Waals surface area contributed by atoms with Crippen molar-refractivity contribution in [3.8, 4) is 5.75 Å². The van der Waals surface area contributed by atoms with Crippen LogP contribution in [0.3, 0.4) is 0 Å². The van der Waals surface area contributed by atoms with Gasteiger partial charge >= 0.3 is 11.9 Å². The monoisotopic (exact) mass is 528 g/mol. The lowest BCUT2D eigenvalue weighted by Gasteiger charge is -2.34. The highest BCUT2D eigenvalue weighted by Gasteiger charge is 2.21. The fourth-order valence-corrected chi connectivity index (χ4v) is 3.99. The highest BCUT2D eigenvalue weighted by Crippen LogP contribution is 2.21. The summed E-state index contributed by atoms with van der Waals surface area (Å²) in [6.45, 7) is 4.25. The molecule has 1 amide bonds. The average Bonchev–Trinajstić information content (AvgIpc) is 2.83. The molecule has 8 nitrogen and oxygen atoms in total. The van der Waals surface area contributed by atoms with Crippen LogP contribution < -0.4 is 4.74 Å². The number of carbonyl (C=O) groups is 3. The van der Waals surface area contributed by atoms with Crippen molar-refractivity contribution in [2.45, 2.75) is 6.54 Å². The Hall–Kier alpha value is -3.43. The van der Waals surface area contributed by atoms with Crippen LogP contribution in [0.5, 0.6) is 5.75 Å². The summed E-state index contributed by atoms with van der Waals surface area (Å²) < 4.78 is 6.86. The molecule has 3 aromatic carbocycles. The second kappa shape index (κ2) is 12.2. The average molecular weight is 529 g/mol. The smallest absolute Gasteiger partial charge is 0.414 e. The molecule has 3 aromatic rings. The molecule has 0 aromatic heterocycles. The number of carbonyl (C=O) groups excluding carboxylic acids is 1. The number of fused-ring (bicyclic) bond motifs is 1. The van der Waals surface area contributed by atoms with Crippen molar-refractivity contribution in [1.82, 2.24) is 9.80 Å². The van der Waals surface area contributed by atoms with Gasteiger partial charge in [-0.2, -0.15) is 0 Å². The zero-order chi connectivity index (χ0) is 24.5. The van der Waals surface area contributed by atoms with Crippen molar-refractivity contribution in [2.24, 2.45) is 0 Å². The number of aliphatic carboxylic acids is 2. The maximum Gasteiger partial charge on any atom is 0.414 e. The summed E-state index contributed by atoms with van der Waals surface area (Å²) in [7, 11) is 0. The summed E-state index contributed by atoms with van der Waals surface area (Å²) in [6, 6.07) is 22.5. The number of hydrogen-bond donors (Lipinski definition) is 2. The molecular weight excluding hydrogens is 504 g/mol. The van der Waals surface area contributed by atoms with E-state index in [4.69, 9.17) is 24.5 Å². The van der Waals surface area contributed by atoms with Gasteiger partial charge in [0.15, 0.2) is 6.61 Å². The number of carboxylic acid groups (broad SMARTS) is 2. The van der Waals surface area contributed by atoms with Crippen molar-refractivity contribution < 1.29 is 29.3 Å². The Morgan fingerprint density at radius 2 is 1.50 bits per heavy atom. The normalized spacial score (nSPS) is 13.6. The third-order valence-corrected chi connectivity index (χ3v) is 5.78. The number of hydrogen-bond acceptors (Lipinski definition) is 5. The Bertz CT molecular complexity index is 1150. The van der Waals surface area contributed by atoms with Crippen LogP contribution in [-0.4, -0.2) is 70.6 Å². The van der Waals surface area contributed by atoms with E-state index < -0.39 is 11.9 Å². The SMILES string of the molecule is O=C(COc1ccc2ccccc2c1)N1CCN(Cc2cccc(Br)c2)CC1.O=C(O)C(=O)O. The molecule has 178 valence electrons. The van der Waals surface area contributed by atoms with Gasteiger partial charge in [0.2, 0.25) is 0 Å². The second-order valence-corrected chi connectivity index (χ2v) is 8.61. The Balaban J connectivity index is 0.000000481. The molecule has 0 spiro atoms. The number of ether oxygens (including phenoxy) is 1. The van der Waals surface area contributed by atoms with Crippen molar-refractivity contribution in [2.75, 3.05) is 32.8 Å². The molecule has 0 atom stereocenters.